The summed E-state index contributed by atoms with van der Waals surface area (Å²) in [5.74, 6) is 0.0205. The lowest BCUT2D eigenvalue weighted by Crippen LogP contribution is -2.39. The summed E-state index contributed by atoms with van der Waals surface area (Å²) in [6, 6.07) is 0.330. The van der Waals surface area contributed by atoms with Crippen molar-refractivity contribution in [2.24, 2.45) is 0 Å². The predicted octanol–water partition coefficient (Wildman–Crippen LogP) is -0.604. The number of nitrogens with zero attached hydrogens (tertiary/aromatic N) is 1. The maximum atomic E-state index is 11.3. The van der Waals surface area contributed by atoms with E-state index in [0.29, 0.717) is 12.6 Å². The Kier molecular flexibility index (Phi) is 3.22. The molecule has 1 fully saturated rings. The van der Waals surface area contributed by atoms with Crippen LogP contribution in [0.1, 0.15) is 12.8 Å². The van der Waals surface area contributed by atoms with E-state index in [9.17, 15) is 9.59 Å². The second-order valence-corrected chi connectivity index (χ2v) is 2.97. The Morgan fingerprint density at radius 2 is 2.33 bits per heavy atom. The van der Waals surface area contributed by atoms with Gasteiger partial charge >= 0.3 is 0 Å². The third kappa shape index (κ3) is 2.30. The number of rotatable bonds is 5. The van der Waals surface area contributed by atoms with E-state index in [1.54, 1.807) is 11.9 Å². The molecule has 1 saturated carbocycles. The van der Waals surface area contributed by atoms with E-state index >= 15 is 0 Å². The number of aldehydes is 1. The molecule has 1 rings (SSSR count). The van der Waals surface area contributed by atoms with Gasteiger partial charge in [0.05, 0.1) is 13.1 Å². The summed E-state index contributed by atoms with van der Waals surface area (Å²) in [6.07, 6.45) is 2.87. The molecule has 0 aromatic rings. The number of amides is 1. The van der Waals surface area contributed by atoms with E-state index in [1.807, 2.05) is 0 Å². The summed E-state index contributed by atoms with van der Waals surface area (Å²) >= 11 is 0. The van der Waals surface area contributed by atoms with Crippen LogP contribution in [0.25, 0.3) is 0 Å². The first kappa shape index (κ1) is 9.19. The molecule has 0 heterocycles. The molecular formula is C8H14N2O2. The maximum absolute atomic E-state index is 11.3. The first-order valence-corrected chi connectivity index (χ1v) is 4.17. The number of carbonyl (C=O) groups is 2. The molecule has 0 aromatic carbocycles. The molecule has 1 amide bonds. The minimum atomic E-state index is 0.0205. The lowest BCUT2D eigenvalue weighted by Gasteiger charge is -2.18. The first-order chi connectivity index (χ1) is 5.79. The summed E-state index contributed by atoms with van der Waals surface area (Å²) in [5.41, 5.74) is 0. The van der Waals surface area contributed by atoms with Crippen LogP contribution < -0.4 is 5.32 Å². The molecule has 1 aliphatic rings. The monoisotopic (exact) mass is 170 g/mol. The van der Waals surface area contributed by atoms with Gasteiger partial charge in [-0.1, -0.05) is 0 Å². The van der Waals surface area contributed by atoms with E-state index in [1.165, 1.54) is 0 Å². The molecule has 0 unspecified atom stereocenters. The number of carbonyl (C=O) groups excluding carboxylic acids is 2. The summed E-state index contributed by atoms with van der Waals surface area (Å²) in [4.78, 5) is 23.2. The van der Waals surface area contributed by atoms with Crippen LogP contribution in [0, 0.1) is 0 Å². The Hall–Kier alpha value is -0.900. The van der Waals surface area contributed by atoms with Crippen molar-refractivity contribution in [3.05, 3.63) is 0 Å². The van der Waals surface area contributed by atoms with Gasteiger partial charge in [0.2, 0.25) is 5.91 Å². The normalized spacial score (nSPS) is 15.8. The summed E-state index contributed by atoms with van der Waals surface area (Å²) in [6.45, 7) is 0.565. The first-order valence-electron chi connectivity index (χ1n) is 4.17. The van der Waals surface area contributed by atoms with Crippen molar-refractivity contribution in [1.82, 2.24) is 10.2 Å². The minimum absolute atomic E-state index is 0.0205. The Morgan fingerprint density at radius 3 is 2.75 bits per heavy atom. The van der Waals surface area contributed by atoms with Crippen molar-refractivity contribution in [3.63, 3.8) is 0 Å². The van der Waals surface area contributed by atoms with Gasteiger partial charge in [-0.3, -0.25) is 4.79 Å². The highest BCUT2D eigenvalue weighted by molar-refractivity contribution is 5.81. The van der Waals surface area contributed by atoms with Crippen molar-refractivity contribution in [1.29, 1.82) is 0 Å². The average Bonchev–Trinajstić information content (AvgIpc) is 2.83. The zero-order valence-electron chi connectivity index (χ0n) is 7.25. The van der Waals surface area contributed by atoms with E-state index in [2.05, 4.69) is 5.32 Å². The van der Waals surface area contributed by atoms with E-state index in [4.69, 9.17) is 0 Å². The van der Waals surface area contributed by atoms with Gasteiger partial charge < -0.3 is 15.0 Å². The van der Waals surface area contributed by atoms with Crippen LogP contribution in [0.5, 0.6) is 0 Å². The highest BCUT2D eigenvalue weighted by atomic mass is 16.2. The van der Waals surface area contributed by atoms with Crippen LogP contribution in [0.3, 0.4) is 0 Å². The molecular weight excluding hydrogens is 156 g/mol. The van der Waals surface area contributed by atoms with Gasteiger partial charge in [0.15, 0.2) is 0 Å². The molecule has 0 spiro atoms. The molecule has 12 heavy (non-hydrogen) atoms. The maximum Gasteiger partial charge on any atom is 0.237 e. The SMILES string of the molecule is CNCC(=O)N(CC=O)C1CC1. The smallest absolute Gasteiger partial charge is 0.237 e. The Balaban J connectivity index is 2.39. The van der Waals surface area contributed by atoms with Gasteiger partial charge in [-0.05, 0) is 19.9 Å². The lowest BCUT2D eigenvalue weighted by atomic mass is 10.4. The van der Waals surface area contributed by atoms with Crippen LogP contribution >= 0.6 is 0 Å². The molecule has 0 aromatic heterocycles. The number of nitrogens with one attached hydrogen (secondary N) is 1. The number of hydrogen-bond acceptors (Lipinski definition) is 3. The highest BCUT2D eigenvalue weighted by Gasteiger charge is 2.31. The van der Waals surface area contributed by atoms with E-state index in [-0.39, 0.29) is 12.5 Å². The summed E-state index contributed by atoms with van der Waals surface area (Å²) in [5, 5.41) is 2.78. The molecule has 68 valence electrons. The molecule has 1 aliphatic carbocycles. The van der Waals surface area contributed by atoms with Crippen LogP contribution in [0.15, 0.2) is 0 Å². The van der Waals surface area contributed by atoms with Crippen LogP contribution in [0.2, 0.25) is 0 Å². The van der Waals surface area contributed by atoms with Gasteiger partial charge in [-0.25, -0.2) is 0 Å². The standard InChI is InChI=1S/C8H14N2O2/c1-9-6-8(12)10(4-5-11)7-2-3-7/h5,7,9H,2-4,6H2,1H3. The quantitative estimate of drug-likeness (QED) is 0.560. The second kappa shape index (κ2) is 4.21. The Bertz CT molecular complexity index is 178. The third-order valence-electron chi connectivity index (χ3n) is 1.91. The number of likely N-dealkylation sites (N-methyl/N-ethyl adjacent to an activating group) is 1. The fourth-order valence-electron chi connectivity index (χ4n) is 1.17. The molecule has 0 atom stereocenters. The molecule has 4 heteroatoms. The van der Waals surface area contributed by atoms with Crippen molar-refractivity contribution in [2.45, 2.75) is 18.9 Å². The Labute approximate surface area is 71.9 Å². The van der Waals surface area contributed by atoms with Crippen LogP contribution in [-0.4, -0.2) is 43.3 Å². The van der Waals surface area contributed by atoms with Gasteiger partial charge in [-0.15, -0.1) is 0 Å². The fourth-order valence-corrected chi connectivity index (χ4v) is 1.17. The predicted molar refractivity (Wildman–Crippen MR) is 44.7 cm³/mol. The largest absolute Gasteiger partial charge is 0.332 e. The number of hydrogen-bond donors (Lipinski definition) is 1. The van der Waals surface area contributed by atoms with Crippen molar-refractivity contribution < 1.29 is 9.59 Å². The van der Waals surface area contributed by atoms with Crippen molar-refractivity contribution in [2.75, 3.05) is 20.1 Å². The summed E-state index contributed by atoms with van der Waals surface area (Å²) < 4.78 is 0. The second-order valence-electron chi connectivity index (χ2n) is 2.97. The topological polar surface area (TPSA) is 49.4 Å². The van der Waals surface area contributed by atoms with Gasteiger partial charge in [0, 0.05) is 6.04 Å². The minimum Gasteiger partial charge on any atom is -0.332 e. The average molecular weight is 170 g/mol. The van der Waals surface area contributed by atoms with Crippen molar-refractivity contribution >= 4 is 12.2 Å². The molecule has 0 bridgehead atoms. The van der Waals surface area contributed by atoms with E-state index < -0.39 is 0 Å². The van der Waals surface area contributed by atoms with Gasteiger partial charge in [-0.2, -0.15) is 0 Å². The summed E-state index contributed by atoms with van der Waals surface area (Å²) in [7, 11) is 1.73. The fraction of sp³-hybridized carbons (Fsp3) is 0.750. The zero-order valence-corrected chi connectivity index (χ0v) is 7.25. The lowest BCUT2D eigenvalue weighted by molar-refractivity contribution is -0.132. The molecule has 4 nitrogen and oxygen atoms in total. The van der Waals surface area contributed by atoms with E-state index in [0.717, 1.165) is 19.1 Å². The van der Waals surface area contributed by atoms with Crippen molar-refractivity contribution in [3.8, 4) is 0 Å². The zero-order chi connectivity index (χ0) is 8.97. The Morgan fingerprint density at radius 1 is 1.67 bits per heavy atom. The molecule has 0 aliphatic heterocycles. The molecule has 0 radical (unpaired) electrons. The molecule has 0 saturated heterocycles. The molecule has 1 N–H and O–H groups in total. The third-order valence-corrected chi connectivity index (χ3v) is 1.91. The van der Waals surface area contributed by atoms with Gasteiger partial charge in [0.1, 0.15) is 6.29 Å². The van der Waals surface area contributed by atoms with Crippen LogP contribution in [0.4, 0.5) is 0 Å². The highest BCUT2D eigenvalue weighted by Crippen LogP contribution is 2.26. The van der Waals surface area contributed by atoms with Crippen LogP contribution in [-0.2, 0) is 9.59 Å². The van der Waals surface area contributed by atoms with Gasteiger partial charge in [0.25, 0.3) is 0 Å².